The first kappa shape index (κ1) is 25.8. The summed E-state index contributed by atoms with van der Waals surface area (Å²) in [4.78, 5) is 28.2. The number of halogens is 2. The van der Waals surface area contributed by atoms with Gasteiger partial charge in [0.25, 0.3) is 0 Å². The van der Waals surface area contributed by atoms with Gasteiger partial charge in [0.05, 0.1) is 0 Å². The van der Waals surface area contributed by atoms with E-state index >= 15 is 0 Å². The number of nitrogens with zero attached hydrogens (tertiary/aromatic N) is 1. The highest BCUT2D eigenvalue weighted by atomic mass is 35.5. The van der Waals surface area contributed by atoms with Crippen LogP contribution in [0.15, 0.2) is 78.9 Å². The van der Waals surface area contributed by atoms with E-state index in [-0.39, 0.29) is 30.7 Å². The molecule has 3 aromatic rings. The maximum absolute atomic E-state index is 13.8. The first-order chi connectivity index (χ1) is 16.4. The molecular formula is C28H30Cl2N2O2. The van der Waals surface area contributed by atoms with Crippen LogP contribution in [-0.2, 0) is 16.1 Å². The Morgan fingerprint density at radius 2 is 1.50 bits per heavy atom. The van der Waals surface area contributed by atoms with Crippen LogP contribution in [0.5, 0.6) is 0 Å². The molecule has 3 aromatic carbocycles. The van der Waals surface area contributed by atoms with Crippen LogP contribution in [0.25, 0.3) is 0 Å². The van der Waals surface area contributed by atoms with Crippen molar-refractivity contribution in [2.45, 2.75) is 45.2 Å². The predicted molar refractivity (Wildman–Crippen MR) is 139 cm³/mol. The van der Waals surface area contributed by atoms with Gasteiger partial charge in [0.15, 0.2) is 0 Å². The number of amides is 2. The fourth-order valence-corrected chi connectivity index (χ4v) is 4.37. The third-order valence-corrected chi connectivity index (χ3v) is 6.44. The van der Waals surface area contributed by atoms with Gasteiger partial charge in [-0.15, -0.1) is 0 Å². The summed E-state index contributed by atoms with van der Waals surface area (Å²) in [5.41, 5.74) is 2.84. The van der Waals surface area contributed by atoms with Crippen molar-refractivity contribution in [2.75, 3.05) is 6.54 Å². The minimum Gasteiger partial charge on any atom is -0.354 e. The average Bonchev–Trinajstić information content (AvgIpc) is 2.86. The predicted octanol–water partition coefficient (Wildman–Crippen LogP) is 6.46. The maximum Gasteiger partial charge on any atom is 0.242 e. The highest BCUT2D eigenvalue weighted by Gasteiger charge is 2.29. The monoisotopic (exact) mass is 496 g/mol. The van der Waals surface area contributed by atoms with E-state index in [1.807, 2.05) is 67.6 Å². The van der Waals surface area contributed by atoms with Gasteiger partial charge < -0.3 is 10.2 Å². The van der Waals surface area contributed by atoms with Crippen molar-refractivity contribution in [1.29, 1.82) is 0 Å². The molecule has 6 heteroatoms. The number of carbonyl (C=O) groups is 2. The minimum absolute atomic E-state index is 0.122. The molecule has 4 nitrogen and oxygen atoms in total. The lowest BCUT2D eigenvalue weighted by Gasteiger charge is -2.31. The fraction of sp³-hybridized carbons (Fsp3) is 0.286. The van der Waals surface area contributed by atoms with Crippen molar-refractivity contribution in [3.05, 3.63) is 106 Å². The van der Waals surface area contributed by atoms with Gasteiger partial charge in [-0.25, -0.2) is 0 Å². The highest BCUT2D eigenvalue weighted by molar-refractivity contribution is 6.35. The van der Waals surface area contributed by atoms with Crippen LogP contribution >= 0.6 is 23.2 Å². The van der Waals surface area contributed by atoms with E-state index in [4.69, 9.17) is 23.2 Å². The molecule has 178 valence electrons. The van der Waals surface area contributed by atoms with Crippen molar-refractivity contribution in [1.82, 2.24) is 10.2 Å². The summed E-state index contributed by atoms with van der Waals surface area (Å²) >= 11 is 12.5. The highest BCUT2D eigenvalue weighted by Crippen LogP contribution is 2.30. The molecule has 0 spiro atoms. The van der Waals surface area contributed by atoms with Crippen LogP contribution in [0.3, 0.4) is 0 Å². The van der Waals surface area contributed by atoms with Crippen LogP contribution in [0.1, 0.15) is 49.3 Å². The SMILES string of the molecule is CCCNC(=O)C(C)N(Cc1ccc(Cl)cc1Cl)C(=O)CC(c1ccccc1)c1ccccc1. The molecule has 0 saturated heterocycles. The Hall–Kier alpha value is -2.82. The van der Waals surface area contributed by atoms with Crippen LogP contribution < -0.4 is 5.32 Å². The van der Waals surface area contributed by atoms with Crippen molar-refractivity contribution in [2.24, 2.45) is 0 Å². The van der Waals surface area contributed by atoms with E-state index in [9.17, 15) is 9.59 Å². The van der Waals surface area contributed by atoms with Crippen LogP contribution in [0, 0.1) is 0 Å². The molecule has 2 amide bonds. The van der Waals surface area contributed by atoms with E-state index in [1.165, 1.54) is 0 Å². The summed E-state index contributed by atoms with van der Waals surface area (Å²) in [6.45, 7) is 4.52. The van der Waals surface area contributed by atoms with Gasteiger partial charge in [0.1, 0.15) is 6.04 Å². The van der Waals surface area contributed by atoms with E-state index < -0.39 is 6.04 Å². The van der Waals surface area contributed by atoms with Gasteiger partial charge in [0, 0.05) is 35.5 Å². The third-order valence-electron chi connectivity index (χ3n) is 5.85. The largest absolute Gasteiger partial charge is 0.354 e. The molecule has 0 fully saturated rings. The average molecular weight is 497 g/mol. The lowest BCUT2D eigenvalue weighted by atomic mass is 9.88. The Morgan fingerprint density at radius 1 is 0.912 bits per heavy atom. The molecule has 0 bridgehead atoms. The molecule has 1 unspecified atom stereocenters. The third kappa shape index (κ3) is 6.85. The Kier molecular flexibility index (Phi) is 9.55. The Bertz CT molecular complexity index is 1050. The summed E-state index contributed by atoms with van der Waals surface area (Å²) in [7, 11) is 0. The molecule has 0 saturated carbocycles. The second-order valence-corrected chi connectivity index (χ2v) is 9.15. The normalized spacial score (nSPS) is 11.8. The van der Waals surface area contributed by atoms with Gasteiger partial charge in [0.2, 0.25) is 11.8 Å². The molecule has 0 heterocycles. The Balaban J connectivity index is 1.92. The minimum atomic E-state index is -0.655. The lowest BCUT2D eigenvalue weighted by molar-refractivity contribution is -0.140. The smallest absolute Gasteiger partial charge is 0.242 e. The quantitative estimate of drug-likeness (QED) is 0.350. The van der Waals surface area contributed by atoms with Crippen LogP contribution in [0.4, 0.5) is 0 Å². The first-order valence-corrected chi connectivity index (χ1v) is 12.3. The lowest BCUT2D eigenvalue weighted by Crippen LogP contribution is -2.48. The number of rotatable bonds is 10. The van der Waals surface area contributed by atoms with Gasteiger partial charge in [-0.2, -0.15) is 0 Å². The van der Waals surface area contributed by atoms with E-state index in [0.717, 1.165) is 23.1 Å². The van der Waals surface area contributed by atoms with Gasteiger partial charge in [-0.3, -0.25) is 9.59 Å². The summed E-state index contributed by atoms with van der Waals surface area (Å²) < 4.78 is 0. The van der Waals surface area contributed by atoms with Crippen molar-refractivity contribution in [3.8, 4) is 0 Å². The summed E-state index contributed by atoms with van der Waals surface area (Å²) in [6.07, 6.45) is 1.05. The second kappa shape index (κ2) is 12.6. The van der Waals surface area contributed by atoms with E-state index in [1.54, 1.807) is 30.0 Å². The second-order valence-electron chi connectivity index (χ2n) is 8.30. The summed E-state index contributed by atoms with van der Waals surface area (Å²) in [6, 6.07) is 24.5. The number of hydrogen-bond acceptors (Lipinski definition) is 2. The zero-order chi connectivity index (χ0) is 24.5. The molecule has 0 radical (unpaired) electrons. The van der Waals surface area contributed by atoms with Crippen molar-refractivity contribution < 1.29 is 9.59 Å². The molecule has 1 N–H and O–H groups in total. The molecule has 34 heavy (non-hydrogen) atoms. The van der Waals surface area contributed by atoms with Crippen molar-refractivity contribution in [3.63, 3.8) is 0 Å². The molecule has 0 aromatic heterocycles. The van der Waals surface area contributed by atoms with E-state index in [2.05, 4.69) is 5.32 Å². The number of hydrogen-bond donors (Lipinski definition) is 1. The zero-order valence-electron chi connectivity index (χ0n) is 19.5. The molecule has 0 aliphatic rings. The van der Waals surface area contributed by atoms with Gasteiger partial charge >= 0.3 is 0 Å². The van der Waals surface area contributed by atoms with Crippen LogP contribution in [0.2, 0.25) is 10.0 Å². The standard InChI is InChI=1S/C28H30Cl2N2O2/c1-3-16-31-28(34)20(2)32(19-23-14-15-24(29)17-26(23)30)27(33)18-25(21-10-6-4-7-11-21)22-12-8-5-9-13-22/h4-15,17,20,25H,3,16,18-19H2,1-2H3,(H,31,34). The van der Waals surface area contributed by atoms with Gasteiger partial charge in [-0.05, 0) is 42.2 Å². The maximum atomic E-state index is 13.8. The fourth-order valence-electron chi connectivity index (χ4n) is 3.90. The first-order valence-electron chi connectivity index (χ1n) is 11.5. The molecule has 1 atom stereocenters. The summed E-state index contributed by atoms with van der Waals surface area (Å²) in [5, 5.41) is 3.90. The van der Waals surface area contributed by atoms with Crippen LogP contribution in [-0.4, -0.2) is 29.3 Å². The van der Waals surface area contributed by atoms with Gasteiger partial charge in [-0.1, -0.05) is 96.9 Å². The number of nitrogens with one attached hydrogen (secondary N) is 1. The Morgan fingerprint density at radius 3 is 2.03 bits per heavy atom. The molecule has 0 aliphatic carbocycles. The topological polar surface area (TPSA) is 49.4 Å². The van der Waals surface area contributed by atoms with E-state index in [0.29, 0.717) is 16.6 Å². The Labute approximate surface area is 211 Å². The molecule has 3 rings (SSSR count). The number of benzene rings is 3. The molecular weight excluding hydrogens is 467 g/mol. The summed E-state index contributed by atoms with van der Waals surface area (Å²) in [5.74, 6) is -0.442. The van der Waals surface area contributed by atoms with Crippen molar-refractivity contribution >= 4 is 35.0 Å². The zero-order valence-corrected chi connectivity index (χ0v) is 21.0. The number of carbonyl (C=O) groups excluding carboxylic acids is 2. The molecule has 0 aliphatic heterocycles.